The molecule has 6 heteroatoms. The standard InChI is InChI=1S/C10H18FN3OS/c1-3-9(11)7(2)10(15)16-14-6-8(13)4-5-12/h3,8,14H,2,4-6,12-13H2,1H3/b9-3+. The van der Waals surface area contributed by atoms with Crippen molar-refractivity contribution in [3.8, 4) is 0 Å². The molecule has 4 nitrogen and oxygen atoms in total. The highest BCUT2D eigenvalue weighted by atomic mass is 32.2. The van der Waals surface area contributed by atoms with E-state index < -0.39 is 10.9 Å². The van der Waals surface area contributed by atoms with Crippen LogP contribution in [-0.2, 0) is 4.79 Å². The van der Waals surface area contributed by atoms with E-state index in [1.807, 2.05) is 0 Å². The van der Waals surface area contributed by atoms with Gasteiger partial charge in [0.2, 0.25) is 5.12 Å². The fraction of sp³-hybridized carbons (Fsp3) is 0.500. The van der Waals surface area contributed by atoms with E-state index in [4.69, 9.17) is 11.5 Å². The van der Waals surface area contributed by atoms with E-state index in [0.717, 1.165) is 11.9 Å². The molecular weight excluding hydrogens is 229 g/mol. The molecule has 0 rings (SSSR count). The van der Waals surface area contributed by atoms with Gasteiger partial charge in [0.1, 0.15) is 5.83 Å². The van der Waals surface area contributed by atoms with Gasteiger partial charge in [0.25, 0.3) is 0 Å². The number of hydrogen-bond donors (Lipinski definition) is 3. The minimum atomic E-state index is -0.606. The van der Waals surface area contributed by atoms with Crippen LogP contribution in [0.5, 0.6) is 0 Å². The van der Waals surface area contributed by atoms with Crippen LogP contribution in [0.25, 0.3) is 0 Å². The van der Waals surface area contributed by atoms with Gasteiger partial charge in [0, 0.05) is 12.6 Å². The molecule has 5 N–H and O–H groups in total. The fourth-order valence-corrected chi connectivity index (χ4v) is 1.51. The third-order valence-corrected chi connectivity index (χ3v) is 2.58. The maximum atomic E-state index is 12.9. The van der Waals surface area contributed by atoms with Gasteiger partial charge in [-0.15, -0.1) is 0 Å². The Balaban J connectivity index is 3.86. The van der Waals surface area contributed by atoms with E-state index in [0.29, 0.717) is 19.5 Å². The first-order valence-corrected chi connectivity index (χ1v) is 5.75. The minimum Gasteiger partial charge on any atom is -0.330 e. The van der Waals surface area contributed by atoms with Crippen LogP contribution in [0.4, 0.5) is 4.39 Å². The lowest BCUT2D eigenvalue weighted by Crippen LogP contribution is -2.33. The first-order valence-electron chi connectivity index (χ1n) is 4.93. The van der Waals surface area contributed by atoms with E-state index in [-0.39, 0.29) is 11.6 Å². The summed E-state index contributed by atoms with van der Waals surface area (Å²) in [6, 6.07) is -0.106. The normalized spacial score (nSPS) is 13.6. The molecule has 0 aromatic heterocycles. The summed E-state index contributed by atoms with van der Waals surface area (Å²) in [7, 11) is 0. The van der Waals surface area contributed by atoms with Gasteiger partial charge >= 0.3 is 0 Å². The van der Waals surface area contributed by atoms with Crippen LogP contribution in [0.3, 0.4) is 0 Å². The molecule has 16 heavy (non-hydrogen) atoms. The number of carbonyl (C=O) groups is 1. The monoisotopic (exact) mass is 247 g/mol. The van der Waals surface area contributed by atoms with Crippen LogP contribution < -0.4 is 16.2 Å². The van der Waals surface area contributed by atoms with Crippen molar-refractivity contribution in [3.05, 3.63) is 24.1 Å². The van der Waals surface area contributed by atoms with Crippen molar-refractivity contribution in [2.75, 3.05) is 13.1 Å². The lowest BCUT2D eigenvalue weighted by atomic mass is 10.2. The summed E-state index contributed by atoms with van der Waals surface area (Å²) in [5, 5.41) is -0.449. The topological polar surface area (TPSA) is 81.1 Å². The van der Waals surface area contributed by atoms with Gasteiger partial charge < -0.3 is 11.5 Å². The van der Waals surface area contributed by atoms with Crippen molar-refractivity contribution in [1.82, 2.24) is 4.72 Å². The summed E-state index contributed by atoms with van der Waals surface area (Å²) in [6.45, 7) is 5.80. The van der Waals surface area contributed by atoms with Crippen LogP contribution in [-0.4, -0.2) is 24.2 Å². The summed E-state index contributed by atoms with van der Waals surface area (Å²) in [4.78, 5) is 11.3. The number of nitrogens with two attached hydrogens (primary N) is 2. The Hall–Kier alpha value is -0.690. The zero-order valence-corrected chi connectivity index (χ0v) is 10.1. The number of rotatable bonds is 7. The predicted molar refractivity (Wildman–Crippen MR) is 66.3 cm³/mol. The Morgan fingerprint density at radius 2 is 2.31 bits per heavy atom. The average Bonchev–Trinajstić information content (AvgIpc) is 2.27. The van der Waals surface area contributed by atoms with Gasteiger partial charge in [-0.2, -0.15) is 0 Å². The molecule has 1 atom stereocenters. The zero-order valence-electron chi connectivity index (χ0n) is 9.33. The summed E-state index contributed by atoms with van der Waals surface area (Å²) in [5.74, 6) is -0.606. The second kappa shape index (κ2) is 8.46. The van der Waals surface area contributed by atoms with E-state index in [1.165, 1.54) is 13.0 Å². The molecule has 0 fully saturated rings. The molecule has 0 bridgehead atoms. The number of carbonyl (C=O) groups excluding carboxylic acids is 1. The van der Waals surface area contributed by atoms with E-state index in [1.54, 1.807) is 0 Å². The summed E-state index contributed by atoms with van der Waals surface area (Å²) in [5.41, 5.74) is 10.8. The van der Waals surface area contributed by atoms with Crippen molar-refractivity contribution in [2.45, 2.75) is 19.4 Å². The largest absolute Gasteiger partial charge is 0.330 e. The van der Waals surface area contributed by atoms with Gasteiger partial charge in [0.05, 0.1) is 5.57 Å². The van der Waals surface area contributed by atoms with Crippen LogP contribution in [0.1, 0.15) is 13.3 Å². The zero-order chi connectivity index (χ0) is 12.6. The maximum Gasteiger partial charge on any atom is 0.236 e. The number of allylic oxidation sites excluding steroid dienone is 2. The Labute approximate surface area is 99.5 Å². The molecule has 0 saturated heterocycles. The molecule has 0 saturated carbocycles. The van der Waals surface area contributed by atoms with Crippen molar-refractivity contribution in [3.63, 3.8) is 0 Å². The van der Waals surface area contributed by atoms with Gasteiger partial charge in [-0.3, -0.25) is 9.52 Å². The molecule has 0 aliphatic heterocycles. The number of nitrogens with one attached hydrogen (secondary N) is 1. The Morgan fingerprint density at radius 3 is 2.81 bits per heavy atom. The molecule has 0 spiro atoms. The van der Waals surface area contributed by atoms with E-state index >= 15 is 0 Å². The SMILES string of the molecule is C=C(C(=O)SNCC(N)CCN)/C(F)=C\C. The smallest absolute Gasteiger partial charge is 0.236 e. The molecule has 0 aliphatic rings. The molecule has 0 aliphatic carbocycles. The highest BCUT2D eigenvalue weighted by molar-refractivity contribution is 8.12. The minimum absolute atomic E-state index is 0.106. The lowest BCUT2D eigenvalue weighted by Gasteiger charge is -2.10. The van der Waals surface area contributed by atoms with Gasteiger partial charge in [0.15, 0.2) is 0 Å². The maximum absolute atomic E-state index is 12.9. The first-order chi connectivity index (χ1) is 7.52. The molecule has 0 aromatic rings. The summed E-state index contributed by atoms with van der Waals surface area (Å²) >= 11 is 0.792. The van der Waals surface area contributed by atoms with Crippen LogP contribution in [0.15, 0.2) is 24.1 Å². The van der Waals surface area contributed by atoms with Gasteiger partial charge in [-0.05, 0) is 31.8 Å². The Bertz CT molecular complexity index is 281. The average molecular weight is 247 g/mol. The van der Waals surface area contributed by atoms with E-state index in [9.17, 15) is 9.18 Å². The summed E-state index contributed by atoms with van der Waals surface area (Å²) in [6.07, 6.45) is 1.87. The van der Waals surface area contributed by atoms with Gasteiger partial charge in [-0.25, -0.2) is 4.39 Å². The molecule has 92 valence electrons. The highest BCUT2D eigenvalue weighted by Crippen LogP contribution is 2.15. The number of halogens is 1. The van der Waals surface area contributed by atoms with Crippen molar-refractivity contribution < 1.29 is 9.18 Å². The van der Waals surface area contributed by atoms with Gasteiger partial charge in [-0.1, -0.05) is 12.7 Å². The quantitative estimate of drug-likeness (QED) is 0.353. The third-order valence-electron chi connectivity index (χ3n) is 1.84. The molecule has 0 heterocycles. The Kier molecular flexibility index (Phi) is 8.10. The van der Waals surface area contributed by atoms with Crippen molar-refractivity contribution in [1.29, 1.82) is 0 Å². The fourth-order valence-electron chi connectivity index (χ4n) is 0.864. The molecule has 1 unspecified atom stereocenters. The lowest BCUT2D eigenvalue weighted by molar-refractivity contribution is -0.107. The summed E-state index contributed by atoms with van der Waals surface area (Å²) < 4.78 is 15.7. The van der Waals surface area contributed by atoms with Crippen molar-refractivity contribution >= 4 is 17.1 Å². The molecule has 0 amide bonds. The van der Waals surface area contributed by atoms with Crippen molar-refractivity contribution in [2.24, 2.45) is 11.5 Å². The van der Waals surface area contributed by atoms with Crippen LogP contribution in [0, 0.1) is 0 Å². The first kappa shape index (κ1) is 15.3. The Morgan fingerprint density at radius 1 is 1.69 bits per heavy atom. The number of hydrogen-bond acceptors (Lipinski definition) is 5. The van der Waals surface area contributed by atoms with Crippen LogP contribution in [0.2, 0.25) is 0 Å². The second-order valence-electron chi connectivity index (χ2n) is 3.19. The van der Waals surface area contributed by atoms with Crippen LogP contribution >= 0.6 is 11.9 Å². The molecule has 0 radical (unpaired) electrons. The molecular formula is C10H18FN3OS. The third kappa shape index (κ3) is 6.02. The predicted octanol–water partition coefficient (Wildman–Crippen LogP) is 0.856. The second-order valence-corrected chi connectivity index (χ2v) is 4.05. The molecule has 0 aromatic carbocycles. The van der Waals surface area contributed by atoms with E-state index in [2.05, 4.69) is 11.3 Å². The highest BCUT2D eigenvalue weighted by Gasteiger charge is 2.12.